The largest absolute Gasteiger partial charge is 0.270 e. The molecule has 1 aliphatic heterocycles. The van der Waals surface area contributed by atoms with Gasteiger partial charge in [-0.1, -0.05) is 35.9 Å². The summed E-state index contributed by atoms with van der Waals surface area (Å²) in [6.45, 7) is 0.243. The first kappa shape index (κ1) is 11.9. The summed E-state index contributed by atoms with van der Waals surface area (Å²) in [5.41, 5.74) is 1.77. The Bertz CT molecular complexity index is 646. The minimum atomic E-state index is -0.249. The van der Waals surface area contributed by atoms with Crippen molar-refractivity contribution in [3.05, 3.63) is 70.2 Å². The van der Waals surface area contributed by atoms with E-state index < -0.39 is 0 Å². The van der Waals surface area contributed by atoms with Crippen LogP contribution in [0.4, 0.5) is 0 Å². The molecule has 3 rings (SSSR count). The first-order valence-corrected chi connectivity index (χ1v) is 6.24. The monoisotopic (exact) mass is 271 g/mol. The number of hydrogen-bond acceptors (Lipinski definition) is 2. The summed E-state index contributed by atoms with van der Waals surface area (Å²) < 4.78 is 0. The number of nitrogens with zero attached hydrogens (tertiary/aromatic N) is 1. The van der Waals surface area contributed by atoms with Crippen LogP contribution in [-0.4, -0.2) is 16.7 Å². The Labute approximate surface area is 115 Å². The Kier molecular flexibility index (Phi) is 2.84. The number of amides is 2. The Morgan fingerprint density at radius 1 is 0.895 bits per heavy atom. The first-order valence-electron chi connectivity index (χ1n) is 5.86. The number of rotatable bonds is 2. The number of carbonyl (C=O) groups excluding carboxylic acids is 2. The average molecular weight is 272 g/mol. The summed E-state index contributed by atoms with van der Waals surface area (Å²) in [4.78, 5) is 25.6. The number of halogens is 1. The molecule has 0 aromatic heterocycles. The van der Waals surface area contributed by atoms with Crippen molar-refractivity contribution in [1.29, 1.82) is 0 Å². The van der Waals surface area contributed by atoms with E-state index in [9.17, 15) is 9.59 Å². The van der Waals surface area contributed by atoms with Gasteiger partial charge in [0.05, 0.1) is 17.7 Å². The van der Waals surface area contributed by atoms with Gasteiger partial charge >= 0.3 is 0 Å². The zero-order valence-electron chi connectivity index (χ0n) is 9.97. The normalized spacial score (nSPS) is 13.8. The molecule has 0 N–H and O–H groups in total. The van der Waals surface area contributed by atoms with Gasteiger partial charge in [0.15, 0.2) is 0 Å². The minimum absolute atomic E-state index is 0.243. The van der Waals surface area contributed by atoms with E-state index in [2.05, 4.69) is 0 Å². The summed E-state index contributed by atoms with van der Waals surface area (Å²) in [5.74, 6) is -0.499. The molecule has 0 bridgehead atoms. The standard InChI is InChI=1S/C15H10ClNO2/c16-11-5-3-4-10(8-11)9-17-14(18)12-6-1-2-7-13(12)15(17)19/h1-8H,9H2. The molecule has 19 heavy (non-hydrogen) atoms. The number of imide groups is 1. The fourth-order valence-corrected chi connectivity index (χ4v) is 2.41. The molecule has 4 heteroatoms. The number of carbonyl (C=O) groups is 2. The summed E-state index contributed by atoms with van der Waals surface area (Å²) in [6.07, 6.45) is 0. The smallest absolute Gasteiger partial charge is 0.261 e. The van der Waals surface area contributed by atoms with E-state index in [4.69, 9.17) is 11.6 Å². The molecule has 1 heterocycles. The topological polar surface area (TPSA) is 37.4 Å². The zero-order chi connectivity index (χ0) is 13.4. The van der Waals surface area contributed by atoms with Gasteiger partial charge in [0.1, 0.15) is 0 Å². The third kappa shape index (κ3) is 2.02. The van der Waals surface area contributed by atoms with Crippen LogP contribution in [0, 0.1) is 0 Å². The second kappa shape index (κ2) is 4.52. The van der Waals surface area contributed by atoms with E-state index in [1.54, 1.807) is 42.5 Å². The maximum atomic E-state index is 12.2. The van der Waals surface area contributed by atoms with E-state index in [0.29, 0.717) is 16.1 Å². The number of fused-ring (bicyclic) bond motifs is 1. The van der Waals surface area contributed by atoms with Crippen molar-refractivity contribution >= 4 is 23.4 Å². The number of benzene rings is 2. The van der Waals surface area contributed by atoms with E-state index in [0.717, 1.165) is 5.56 Å². The molecule has 0 atom stereocenters. The van der Waals surface area contributed by atoms with Crippen LogP contribution in [0.3, 0.4) is 0 Å². The van der Waals surface area contributed by atoms with Gasteiger partial charge in [-0.3, -0.25) is 14.5 Å². The third-order valence-corrected chi connectivity index (χ3v) is 3.34. The summed E-state index contributed by atoms with van der Waals surface area (Å²) in [7, 11) is 0. The van der Waals surface area contributed by atoms with Gasteiger partial charge in [0, 0.05) is 5.02 Å². The van der Waals surface area contributed by atoms with Gasteiger partial charge in [-0.25, -0.2) is 0 Å². The van der Waals surface area contributed by atoms with E-state index >= 15 is 0 Å². The molecule has 3 nitrogen and oxygen atoms in total. The molecule has 2 amide bonds. The second-order valence-electron chi connectivity index (χ2n) is 4.37. The highest BCUT2D eigenvalue weighted by Gasteiger charge is 2.34. The van der Waals surface area contributed by atoms with Crippen molar-refractivity contribution in [3.8, 4) is 0 Å². The molecule has 0 radical (unpaired) electrons. The molecule has 94 valence electrons. The van der Waals surface area contributed by atoms with Gasteiger partial charge in [-0.2, -0.15) is 0 Å². The first-order chi connectivity index (χ1) is 9.16. The van der Waals surface area contributed by atoms with Crippen molar-refractivity contribution in [3.63, 3.8) is 0 Å². The average Bonchev–Trinajstić information content (AvgIpc) is 2.65. The van der Waals surface area contributed by atoms with Gasteiger partial charge in [0.2, 0.25) is 0 Å². The fraction of sp³-hybridized carbons (Fsp3) is 0.0667. The molecular weight excluding hydrogens is 262 g/mol. The zero-order valence-corrected chi connectivity index (χ0v) is 10.7. The van der Waals surface area contributed by atoms with E-state index in [-0.39, 0.29) is 18.4 Å². The fourth-order valence-electron chi connectivity index (χ4n) is 2.20. The van der Waals surface area contributed by atoms with Gasteiger partial charge in [0.25, 0.3) is 11.8 Å². The van der Waals surface area contributed by atoms with E-state index in [1.165, 1.54) is 4.90 Å². The lowest BCUT2D eigenvalue weighted by molar-refractivity contribution is 0.0642. The van der Waals surface area contributed by atoms with Crippen molar-refractivity contribution < 1.29 is 9.59 Å². The summed E-state index contributed by atoms with van der Waals surface area (Å²) >= 11 is 5.90. The van der Waals surface area contributed by atoms with Crippen molar-refractivity contribution in [2.24, 2.45) is 0 Å². The van der Waals surface area contributed by atoms with Crippen LogP contribution in [-0.2, 0) is 6.54 Å². The van der Waals surface area contributed by atoms with E-state index in [1.807, 2.05) is 6.07 Å². The molecule has 0 unspecified atom stereocenters. The highest BCUT2D eigenvalue weighted by molar-refractivity contribution is 6.30. The van der Waals surface area contributed by atoms with Crippen LogP contribution >= 0.6 is 11.6 Å². The second-order valence-corrected chi connectivity index (χ2v) is 4.81. The molecule has 2 aromatic carbocycles. The molecular formula is C15H10ClNO2. The quantitative estimate of drug-likeness (QED) is 0.787. The molecule has 2 aromatic rings. The Balaban J connectivity index is 1.92. The van der Waals surface area contributed by atoms with Crippen LogP contribution in [0.25, 0.3) is 0 Å². The Morgan fingerprint density at radius 2 is 1.53 bits per heavy atom. The SMILES string of the molecule is O=C1c2ccccc2C(=O)N1Cc1cccc(Cl)c1. The number of hydrogen-bond donors (Lipinski definition) is 0. The summed E-state index contributed by atoms with van der Waals surface area (Å²) in [5, 5.41) is 0.592. The predicted octanol–water partition coefficient (Wildman–Crippen LogP) is 3.14. The maximum Gasteiger partial charge on any atom is 0.261 e. The summed E-state index contributed by atoms with van der Waals surface area (Å²) in [6, 6.07) is 14.0. The van der Waals surface area contributed by atoms with Crippen LogP contribution in [0.15, 0.2) is 48.5 Å². The molecule has 1 aliphatic rings. The Morgan fingerprint density at radius 3 is 2.11 bits per heavy atom. The van der Waals surface area contributed by atoms with Gasteiger partial charge in [-0.15, -0.1) is 0 Å². The van der Waals surface area contributed by atoms with Crippen molar-refractivity contribution in [1.82, 2.24) is 4.90 Å². The minimum Gasteiger partial charge on any atom is -0.270 e. The maximum absolute atomic E-state index is 12.2. The lowest BCUT2D eigenvalue weighted by atomic mass is 10.1. The lowest BCUT2D eigenvalue weighted by Crippen LogP contribution is -2.29. The molecule has 0 saturated carbocycles. The van der Waals surface area contributed by atoms with Crippen molar-refractivity contribution in [2.75, 3.05) is 0 Å². The molecule has 0 spiro atoms. The molecule has 0 aliphatic carbocycles. The van der Waals surface area contributed by atoms with Crippen molar-refractivity contribution in [2.45, 2.75) is 6.54 Å². The van der Waals surface area contributed by atoms with Gasteiger partial charge in [-0.05, 0) is 29.8 Å². The molecule has 0 fully saturated rings. The molecule has 0 saturated heterocycles. The third-order valence-electron chi connectivity index (χ3n) is 3.11. The van der Waals surface area contributed by atoms with Crippen LogP contribution in [0.2, 0.25) is 5.02 Å². The highest BCUT2D eigenvalue weighted by Crippen LogP contribution is 2.24. The van der Waals surface area contributed by atoms with Crippen LogP contribution < -0.4 is 0 Å². The predicted molar refractivity (Wildman–Crippen MR) is 72.1 cm³/mol. The Hall–Kier alpha value is -2.13. The van der Waals surface area contributed by atoms with Gasteiger partial charge < -0.3 is 0 Å². The van der Waals surface area contributed by atoms with Crippen LogP contribution in [0.5, 0.6) is 0 Å². The van der Waals surface area contributed by atoms with Crippen LogP contribution in [0.1, 0.15) is 26.3 Å². The highest BCUT2D eigenvalue weighted by atomic mass is 35.5. The lowest BCUT2D eigenvalue weighted by Gasteiger charge is -2.13.